The fraction of sp³-hybridized carbons (Fsp3) is 1.00. The molecule has 2 aliphatic carbocycles. The molecular weight excluding hydrogens is 208 g/mol. The van der Waals surface area contributed by atoms with Gasteiger partial charge in [0, 0.05) is 19.6 Å². The summed E-state index contributed by atoms with van der Waals surface area (Å²) in [5, 5.41) is 3.44. The Morgan fingerprint density at radius 3 is 2.47 bits per heavy atom. The van der Waals surface area contributed by atoms with Gasteiger partial charge in [-0.1, -0.05) is 19.8 Å². The zero-order valence-electron chi connectivity index (χ0n) is 11.8. The molecule has 0 radical (unpaired) electrons. The minimum Gasteiger partial charge on any atom is -0.319 e. The monoisotopic (exact) mass is 238 g/mol. The molecular formula is C15H30N2. The highest BCUT2D eigenvalue weighted by molar-refractivity contribution is 4.90. The van der Waals surface area contributed by atoms with Gasteiger partial charge in [-0.3, -0.25) is 0 Å². The molecule has 0 saturated heterocycles. The number of hydrogen-bond donors (Lipinski definition) is 1. The van der Waals surface area contributed by atoms with E-state index in [1.54, 1.807) is 0 Å². The van der Waals surface area contributed by atoms with Gasteiger partial charge < -0.3 is 10.2 Å². The van der Waals surface area contributed by atoms with Crippen molar-refractivity contribution in [2.24, 2.45) is 11.3 Å². The van der Waals surface area contributed by atoms with Crippen LogP contribution in [0.2, 0.25) is 0 Å². The summed E-state index contributed by atoms with van der Waals surface area (Å²) in [5.41, 5.74) is 0.596. The zero-order valence-corrected chi connectivity index (χ0v) is 11.8. The van der Waals surface area contributed by atoms with Crippen molar-refractivity contribution in [3.8, 4) is 0 Å². The molecule has 2 nitrogen and oxygen atoms in total. The molecule has 0 aromatic heterocycles. The summed E-state index contributed by atoms with van der Waals surface area (Å²) >= 11 is 0. The molecule has 0 aromatic rings. The Balaban J connectivity index is 1.87. The molecule has 2 saturated carbocycles. The third-order valence-electron chi connectivity index (χ3n) is 4.53. The molecule has 2 aliphatic rings. The molecule has 2 fully saturated rings. The van der Waals surface area contributed by atoms with Crippen molar-refractivity contribution in [3.63, 3.8) is 0 Å². The van der Waals surface area contributed by atoms with Crippen molar-refractivity contribution in [1.29, 1.82) is 0 Å². The predicted octanol–water partition coefficient (Wildman–Crippen LogP) is 2.89. The van der Waals surface area contributed by atoms with Crippen LogP contribution in [0.25, 0.3) is 0 Å². The Morgan fingerprint density at radius 2 is 1.94 bits per heavy atom. The van der Waals surface area contributed by atoms with Gasteiger partial charge in [-0.2, -0.15) is 0 Å². The highest BCUT2D eigenvalue weighted by atomic mass is 15.1. The maximum Gasteiger partial charge on any atom is 0.00502 e. The summed E-state index contributed by atoms with van der Waals surface area (Å²) in [6.45, 7) is 7.57. The van der Waals surface area contributed by atoms with E-state index in [0.29, 0.717) is 5.41 Å². The van der Waals surface area contributed by atoms with Crippen molar-refractivity contribution in [2.75, 3.05) is 33.2 Å². The molecule has 1 N–H and O–H groups in total. The summed E-state index contributed by atoms with van der Waals surface area (Å²) in [6, 6.07) is 0. The summed E-state index contributed by atoms with van der Waals surface area (Å²) in [7, 11) is 2.12. The van der Waals surface area contributed by atoms with Crippen LogP contribution in [-0.2, 0) is 0 Å². The van der Waals surface area contributed by atoms with Gasteiger partial charge in [-0.25, -0.2) is 0 Å². The van der Waals surface area contributed by atoms with E-state index >= 15 is 0 Å². The van der Waals surface area contributed by atoms with Crippen LogP contribution in [-0.4, -0.2) is 38.1 Å². The van der Waals surface area contributed by atoms with E-state index < -0.39 is 0 Å². The second-order valence-corrected chi connectivity index (χ2v) is 6.42. The summed E-state index contributed by atoms with van der Waals surface area (Å²) < 4.78 is 0. The lowest BCUT2D eigenvalue weighted by Crippen LogP contribution is -2.43. The van der Waals surface area contributed by atoms with Crippen molar-refractivity contribution in [2.45, 2.75) is 51.9 Å². The number of nitrogens with zero attached hydrogens (tertiary/aromatic N) is 1. The van der Waals surface area contributed by atoms with Crippen LogP contribution in [0.15, 0.2) is 0 Å². The van der Waals surface area contributed by atoms with Crippen molar-refractivity contribution in [1.82, 2.24) is 10.2 Å². The van der Waals surface area contributed by atoms with Gasteiger partial charge in [0.15, 0.2) is 0 Å². The maximum atomic E-state index is 3.44. The van der Waals surface area contributed by atoms with E-state index in [9.17, 15) is 0 Å². The molecule has 2 heteroatoms. The number of rotatable bonds is 8. The molecule has 17 heavy (non-hydrogen) atoms. The van der Waals surface area contributed by atoms with E-state index in [1.165, 1.54) is 71.1 Å². The van der Waals surface area contributed by atoms with Gasteiger partial charge in [0.2, 0.25) is 0 Å². The number of hydrogen-bond acceptors (Lipinski definition) is 2. The summed E-state index contributed by atoms with van der Waals surface area (Å²) in [5.74, 6) is 1.04. The van der Waals surface area contributed by atoms with Gasteiger partial charge in [-0.15, -0.1) is 0 Å². The minimum absolute atomic E-state index is 0.596. The van der Waals surface area contributed by atoms with Crippen LogP contribution in [0.1, 0.15) is 51.9 Å². The fourth-order valence-corrected chi connectivity index (χ4v) is 3.58. The van der Waals surface area contributed by atoms with Crippen molar-refractivity contribution in [3.05, 3.63) is 0 Å². The van der Waals surface area contributed by atoms with E-state index in [-0.39, 0.29) is 0 Å². The van der Waals surface area contributed by atoms with E-state index in [2.05, 4.69) is 24.2 Å². The first kappa shape index (κ1) is 13.4. The number of nitrogens with one attached hydrogen (secondary N) is 1. The first-order valence-electron chi connectivity index (χ1n) is 7.65. The molecule has 0 spiro atoms. The smallest absolute Gasteiger partial charge is 0.00502 e. The Labute approximate surface area is 107 Å². The second-order valence-electron chi connectivity index (χ2n) is 6.42. The fourth-order valence-electron chi connectivity index (χ4n) is 3.58. The lowest BCUT2D eigenvalue weighted by Gasteiger charge is -2.35. The lowest BCUT2D eigenvalue weighted by atomic mass is 9.85. The SMILES string of the molecule is CCCN(CC1CC1)CC1(CNC)CCCC1. The third-order valence-corrected chi connectivity index (χ3v) is 4.53. The molecule has 100 valence electrons. The zero-order chi connectivity index (χ0) is 12.1. The van der Waals surface area contributed by atoms with E-state index in [0.717, 1.165) is 5.92 Å². The van der Waals surface area contributed by atoms with E-state index in [4.69, 9.17) is 0 Å². The third kappa shape index (κ3) is 3.96. The highest BCUT2D eigenvalue weighted by Crippen LogP contribution is 2.39. The normalized spacial score (nSPS) is 23.5. The topological polar surface area (TPSA) is 15.3 Å². The molecule has 0 aromatic carbocycles. The van der Waals surface area contributed by atoms with Crippen LogP contribution in [0.4, 0.5) is 0 Å². The Morgan fingerprint density at radius 1 is 1.24 bits per heavy atom. The second kappa shape index (κ2) is 6.19. The summed E-state index contributed by atoms with van der Waals surface area (Å²) in [6.07, 6.45) is 10.1. The lowest BCUT2D eigenvalue weighted by molar-refractivity contribution is 0.146. The Hall–Kier alpha value is -0.0800. The molecule has 0 amide bonds. The largest absolute Gasteiger partial charge is 0.319 e. The molecule has 0 heterocycles. The molecule has 0 atom stereocenters. The van der Waals surface area contributed by atoms with Crippen LogP contribution in [0.3, 0.4) is 0 Å². The van der Waals surface area contributed by atoms with E-state index in [1.807, 2.05) is 0 Å². The highest BCUT2D eigenvalue weighted by Gasteiger charge is 2.36. The van der Waals surface area contributed by atoms with Crippen LogP contribution in [0, 0.1) is 11.3 Å². The molecule has 0 aliphatic heterocycles. The van der Waals surface area contributed by atoms with Crippen molar-refractivity contribution < 1.29 is 0 Å². The quantitative estimate of drug-likeness (QED) is 0.699. The van der Waals surface area contributed by atoms with Gasteiger partial charge in [-0.05, 0) is 57.0 Å². The molecule has 2 rings (SSSR count). The van der Waals surface area contributed by atoms with Crippen LogP contribution in [0.5, 0.6) is 0 Å². The van der Waals surface area contributed by atoms with Gasteiger partial charge in [0.1, 0.15) is 0 Å². The predicted molar refractivity (Wildman–Crippen MR) is 74.3 cm³/mol. The minimum atomic E-state index is 0.596. The van der Waals surface area contributed by atoms with Crippen LogP contribution >= 0.6 is 0 Å². The van der Waals surface area contributed by atoms with Crippen LogP contribution < -0.4 is 5.32 Å². The average Bonchev–Trinajstić information content (AvgIpc) is 2.99. The first-order chi connectivity index (χ1) is 8.28. The Bertz CT molecular complexity index is 217. The van der Waals surface area contributed by atoms with Gasteiger partial charge in [0.05, 0.1) is 0 Å². The van der Waals surface area contributed by atoms with Gasteiger partial charge >= 0.3 is 0 Å². The average molecular weight is 238 g/mol. The Kier molecular flexibility index (Phi) is 4.87. The standard InChI is InChI=1S/C15H30N2/c1-3-10-17(11-14-6-7-14)13-15(12-16-2)8-4-5-9-15/h14,16H,3-13H2,1-2H3. The molecule has 0 unspecified atom stereocenters. The van der Waals surface area contributed by atoms with Gasteiger partial charge in [0.25, 0.3) is 0 Å². The van der Waals surface area contributed by atoms with Crippen molar-refractivity contribution >= 4 is 0 Å². The molecule has 0 bridgehead atoms. The first-order valence-corrected chi connectivity index (χ1v) is 7.65. The maximum absolute atomic E-state index is 3.44. The summed E-state index contributed by atoms with van der Waals surface area (Å²) in [4.78, 5) is 2.76.